The number of hydrogen-bond acceptors (Lipinski definition) is 1. The zero-order chi connectivity index (χ0) is 17.0. The van der Waals surface area contributed by atoms with E-state index in [2.05, 4.69) is 91.3 Å². The Kier molecular flexibility index (Phi) is 2.95. The number of pyridine rings is 1. The molecule has 0 fully saturated rings. The molecule has 0 saturated heterocycles. The van der Waals surface area contributed by atoms with E-state index in [4.69, 9.17) is 4.42 Å². The molecule has 25 heavy (non-hydrogen) atoms. The molecule has 0 spiro atoms. The van der Waals surface area contributed by atoms with Crippen LogP contribution in [0.3, 0.4) is 0 Å². The molecule has 2 heteroatoms. The molecule has 5 aromatic rings. The average molecular weight is 324 g/mol. The first-order chi connectivity index (χ1) is 12.2. The van der Waals surface area contributed by atoms with Gasteiger partial charge in [0.1, 0.15) is 12.6 Å². The lowest BCUT2D eigenvalue weighted by atomic mass is 10.0. The van der Waals surface area contributed by atoms with Crippen molar-refractivity contribution >= 4 is 32.8 Å². The molecule has 2 heterocycles. The highest BCUT2D eigenvalue weighted by Crippen LogP contribution is 2.33. The van der Waals surface area contributed by atoms with Crippen LogP contribution in [0.2, 0.25) is 0 Å². The summed E-state index contributed by atoms with van der Waals surface area (Å²) in [7, 11) is 2.08. The smallest absolute Gasteiger partial charge is 0.381 e. The molecule has 120 valence electrons. The fourth-order valence-corrected chi connectivity index (χ4v) is 3.76. The third-order valence-corrected chi connectivity index (χ3v) is 5.09. The summed E-state index contributed by atoms with van der Waals surface area (Å²) in [6.07, 6.45) is 0. The molecule has 0 atom stereocenters. The van der Waals surface area contributed by atoms with Crippen LogP contribution in [0.25, 0.3) is 44.1 Å². The first-order valence-electron chi connectivity index (χ1n) is 8.53. The van der Waals surface area contributed by atoms with E-state index in [1.165, 1.54) is 21.9 Å². The van der Waals surface area contributed by atoms with Gasteiger partial charge in [-0.15, -0.1) is 0 Å². The van der Waals surface area contributed by atoms with Gasteiger partial charge in [0.25, 0.3) is 0 Å². The van der Waals surface area contributed by atoms with Gasteiger partial charge < -0.3 is 4.42 Å². The highest BCUT2D eigenvalue weighted by atomic mass is 16.3. The maximum Gasteiger partial charge on any atom is 0.381 e. The van der Waals surface area contributed by atoms with Crippen LogP contribution in [0.5, 0.6) is 0 Å². The lowest BCUT2D eigenvalue weighted by Crippen LogP contribution is -2.31. The SMILES string of the molecule is Cc1ccccc1-c1ccc2c3ccc4ccccc4c3oc2[n+]1C. The van der Waals surface area contributed by atoms with Gasteiger partial charge in [0.05, 0.1) is 5.39 Å². The Bertz CT molecular complexity index is 1260. The van der Waals surface area contributed by atoms with Crippen molar-refractivity contribution in [2.24, 2.45) is 7.05 Å². The molecule has 0 unspecified atom stereocenters. The van der Waals surface area contributed by atoms with Crippen LogP contribution < -0.4 is 4.57 Å². The lowest BCUT2D eigenvalue weighted by molar-refractivity contribution is -0.640. The van der Waals surface area contributed by atoms with Crippen molar-refractivity contribution < 1.29 is 8.98 Å². The van der Waals surface area contributed by atoms with Crippen LogP contribution in [0.4, 0.5) is 0 Å². The van der Waals surface area contributed by atoms with Gasteiger partial charge in [0, 0.05) is 22.4 Å². The molecule has 2 nitrogen and oxygen atoms in total. The summed E-state index contributed by atoms with van der Waals surface area (Å²) in [4.78, 5) is 0. The van der Waals surface area contributed by atoms with E-state index in [9.17, 15) is 0 Å². The lowest BCUT2D eigenvalue weighted by Gasteiger charge is -2.03. The van der Waals surface area contributed by atoms with Crippen LogP contribution in [-0.2, 0) is 7.05 Å². The number of rotatable bonds is 1. The number of aromatic nitrogens is 1. The number of benzene rings is 3. The zero-order valence-corrected chi connectivity index (χ0v) is 14.3. The second-order valence-electron chi connectivity index (χ2n) is 6.58. The number of fused-ring (bicyclic) bond motifs is 5. The maximum absolute atomic E-state index is 6.36. The molecular formula is C23H18NO+. The number of furan rings is 1. The van der Waals surface area contributed by atoms with Crippen molar-refractivity contribution in [3.63, 3.8) is 0 Å². The topological polar surface area (TPSA) is 17.0 Å². The second-order valence-corrected chi connectivity index (χ2v) is 6.58. The van der Waals surface area contributed by atoms with E-state index < -0.39 is 0 Å². The first-order valence-corrected chi connectivity index (χ1v) is 8.53. The predicted octanol–water partition coefficient (Wildman–Crippen LogP) is 5.54. The monoisotopic (exact) mass is 324 g/mol. The van der Waals surface area contributed by atoms with E-state index in [-0.39, 0.29) is 0 Å². The second kappa shape index (κ2) is 5.18. The summed E-state index contributed by atoms with van der Waals surface area (Å²) in [5.74, 6) is 0. The van der Waals surface area contributed by atoms with Gasteiger partial charge in [0.15, 0.2) is 0 Å². The van der Waals surface area contributed by atoms with Crippen molar-refractivity contribution in [1.29, 1.82) is 0 Å². The summed E-state index contributed by atoms with van der Waals surface area (Å²) in [5, 5.41) is 4.69. The quantitative estimate of drug-likeness (QED) is 0.370. The molecule has 0 radical (unpaired) electrons. The van der Waals surface area contributed by atoms with Crippen LogP contribution >= 0.6 is 0 Å². The van der Waals surface area contributed by atoms with E-state index in [0.29, 0.717) is 0 Å². The normalized spacial score (nSPS) is 11.6. The molecule has 5 rings (SSSR count). The number of nitrogens with zero attached hydrogens (tertiary/aromatic N) is 1. The van der Waals surface area contributed by atoms with Gasteiger partial charge in [-0.3, -0.25) is 0 Å². The van der Waals surface area contributed by atoms with Crippen LogP contribution in [0.1, 0.15) is 5.56 Å². The molecular weight excluding hydrogens is 306 g/mol. The first kappa shape index (κ1) is 14.2. The number of hydrogen-bond donors (Lipinski definition) is 0. The molecule has 0 aliphatic heterocycles. The summed E-state index contributed by atoms with van der Waals surface area (Å²) >= 11 is 0. The molecule has 0 amide bonds. The fraction of sp³-hybridized carbons (Fsp3) is 0.0870. The minimum absolute atomic E-state index is 0.909. The van der Waals surface area contributed by atoms with Crippen molar-refractivity contribution in [3.05, 3.63) is 78.4 Å². The summed E-state index contributed by atoms with van der Waals surface area (Å²) in [6.45, 7) is 2.14. The fourth-order valence-electron chi connectivity index (χ4n) is 3.76. The van der Waals surface area contributed by atoms with Crippen molar-refractivity contribution in [2.75, 3.05) is 0 Å². The van der Waals surface area contributed by atoms with Gasteiger partial charge in [-0.05, 0) is 36.1 Å². The van der Waals surface area contributed by atoms with Crippen molar-refractivity contribution in [3.8, 4) is 11.3 Å². The average Bonchev–Trinajstić information content (AvgIpc) is 3.03. The maximum atomic E-state index is 6.36. The van der Waals surface area contributed by atoms with Gasteiger partial charge >= 0.3 is 5.71 Å². The molecule has 3 aromatic carbocycles. The van der Waals surface area contributed by atoms with E-state index in [0.717, 1.165) is 27.8 Å². The van der Waals surface area contributed by atoms with Crippen molar-refractivity contribution in [2.45, 2.75) is 6.92 Å². The van der Waals surface area contributed by atoms with Gasteiger partial charge in [0.2, 0.25) is 5.69 Å². The summed E-state index contributed by atoms with van der Waals surface area (Å²) in [6, 6.07) is 25.5. The third-order valence-electron chi connectivity index (χ3n) is 5.09. The molecule has 0 aliphatic carbocycles. The predicted molar refractivity (Wildman–Crippen MR) is 103 cm³/mol. The molecule has 0 N–H and O–H groups in total. The minimum atomic E-state index is 0.909. The Labute approximate surface area is 145 Å². The van der Waals surface area contributed by atoms with Crippen LogP contribution in [0.15, 0.2) is 77.2 Å². The molecule has 0 saturated carbocycles. The largest absolute Gasteiger partial charge is 0.403 e. The molecule has 0 aliphatic rings. The zero-order valence-electron chi connectivity index (χ0n) is 14.3. The summed E-state index contributed by atoms with van der Waals surface area (Å²) < 4.78 is 8.52. The van der Waals surface area contributed by atoms with E-state index in [1.807, 2.05) is 0 Å². The molecule has 2 aromatic heterocycles. The molecule has 0 bridgehead atoms. The summed E-state index contributed by atoms with van der Waals surface area (Å²) in [5.41, 5.74) is 5.53. The van der Waals surface area contributed by atoms with Crippen LogP contribution in [0, 0.1) is 6.92 Å². The highest BCUT2D eigenvalue weighted by Gasteiger charge is 2.21. The van der Waals surface area contributed by atoms with Crippen LogP contribution in [-0.4, -0.2) is 0 Å². The van der Waals surface area contributed by atoms with Gasteiger partial charge in [-0.2, -0.15) is 4.57 Å². The minimum Gasteiger partial charge on any atom is -0.403 e. The van der Waals surface area contributed by atoms with Gasteiger partial charge in [-0.1, -0.05) is 48.5 Å². The van der Waals surface area contributed by atoms with Crippen molar-refractivity contribution in [1.82, 2.24) is 0 Å². The number of aryl methyl sites for hydroxylation is 2. The van der Waals surface area contributed by atoms with Gasteiger partial charge in [-0.25, -0.2) is 0 Å². The Morgan fingerprint density at radius 3 is 2.36 bits per heavy atom. The Balaban J connectivity index is 1.88. The standard InChI is InChI=1S/C23H18NO/c1-15-7-3-5-9-17(15)21-14-13-20-19-12-11-16-8-4-6-10-18(16)22(19)25-23(20)24(21)2/h3-14H,1-2H3/q+1. The Hall–Kier alpha value is -3.13. The Morgan fingerprint density at radius 2 is 1.48 bits per heavy atom. The Morgan fingerprint density at radius 1 is 0.720 bits per heavy atom. The third kappa shape index (κ3) is 2.01. The van der Waals surface area contributed by atoms with E-state index >= 15 is 0 Å². The van der Waals surface area contributed by atoms with E-state index in [1.54, 1.807) is 0 Å². The highest BCUT2D eigenvalue weighted by molar-refractivity contribution is 6.13.